The van der Waals surface area contributed by atoms with Crippen molar-refractivity contribution in [2.24, 2.45) is 0 Å². The fourth-order valence-corrected chi connectivity index (χ4v) is 2.89. The Morgan fingerprint density at radius 2 is 1.81 bits per heavy atom. The Bertz CT molecular complexity index is 928. The van der Waals surface area contributed by atoms with Crippen LogP contribution in [0.25, 0.3) is 0 Å². The summed E-state index contributed by atoms with van der Waals surface area (Å²) in [6.07, 6.45) is 0. The highest BCUT2D eigenvalue weighted by Gasteiger charge is 2.43. The normalized spacial score (nSPS) is 11.4. The number of aromatic nitrogens is 3. The predicted molar refractivity (Wildman–Crippen MR) is 98.7 cm³/mol. The molecular formula is C19H16BrF2N3O2. The number of rotatable bonds is 6. The smallest absolute Gasteiger partial charge is 0.361 e. The summed E-state index contributed by atoms with van der Waals surface area (Å²) in [5.41, 5.74) is -0.591. The van der Waals surface area contributed by atoms with Crippen LogP contribution in [0.4, 0.5) is 8.78 Å². The lowest BCUT2D eigenvalue weighted by atomic mass is 10.0. The average molecular weight is 436 g/mol. The van der Waals surface area contributed by atoms with Crippen LogP contribution in [0.15, 0.2) is 59.1 Å². The lowest BCUT2D eigenvalue weighted by Gasteiger charge is -2.19. The number of carbonyl (C=O) groups is 1. The van der Waals surface area contributed by atoms with Gasteiger partial charge < -0.3 is 4.74 Å². The van der Waals surface area contributed by atoms with Crippen molar-refractivity contribution in [3.8, 4) is 0 Å². The third-order valence-corrected chi connectivity index (χ3v) is 4.41. The quantitative estimate of drug-likeness (QED) is 0.538. The van der Waals surface area contributed by atoms with Crippen LogP contribution in [0.2, 0.25) is 0 Å². The van der Waals surface area contributed by atoms with Crippen LogP contribution in [-0.4, -0.2) is 27.6 Å². The lowest BCUT2D eigenvalue weighted by Crippen LogP contribution is -2.25. The minimum atomic E-state index is -3.49. The molecule has 27 heavy (non-hydrogen) atoms. The first kappa shape index (κ1) is 19.2. The third kappa shape index (κ3) is 4.05. The van der Waals surface area contributed by atoms with Gasteiger partial charge in [0, 0.05) is 10.0 Å². The second-order valence-corrected chi connectivity index (χ2v) is 6.65. The van der Waals surface area contributed by atoms with Crippen molar-refractivity contribution in [3.63, 3.8) is 0 Å². The van der Waals surface area contributed by atoms with Crippen molar-refractivity contribution < 1.29 is 18.3 Å². The molecule has 0 radical (unpaired) electrons. The Balaban J connectivity index is 2.10. The van der Waals surface area contributed by atoms with Gasteiger partial charge in [0.05, 0.1) is 13.2 Å². The Morgan fingerprint density at radius 1 is 1.15 bits per heavy atom. The zero-order valence-corrected chi connectivity index (χ0v) is 16.0. The molecule has 0 spiro atoms. The monoisotopic (exact) mass is 435 g/mol. The standard InChI is InChI=1S/C19H16BrF2N3O2/c1-2-27-18(26)16-17(19(21,22)14-8-10-15(20)11-9-14)25(24-23-16)12-13-6-4-3-5-7-13/h3-11H,2,12H2,1H3. The SMILES string of the molecule is CCOC(=O)c1nnn(Cc2ccccc2)c1C(F)(F)c1ccc(Br)cc1. The molecular weight excluding hydrogens is 420 g/mol. The Hall–Kier alpha value is -2.61. The van der Waals surface area contributed by atoms with Gasteiger partial charge in [0.25, 0.3) is 0 Å². The molecule has 5 nitrogen and oxygen atoms in total. The maximum atomic E-state index is 15.4. The summed E-state index contributed by atoms with van der Waals surface area (Å²) < 4.78 is 37.3. The fraction of sp³-hybridized carbons (Fsp3) is 0.211. The second-order valence-electron chi connectivity index (χ2n) is 5.73. The van der Waals surface area contributed by atoms with E-state index in [2.05, 4.69) is 26.2 Å². The Morgan fingerprint density at radius 3 is 2.44 bits per heavy atom. The van der Waals surface area contributed by atoms with Crippen molar-refractivity contribution in [2.45, 2.75) is 19.4 Å². The van der Waals surface area contributed by atoms with E-state index in [0.717, 1.165) is 10.2 Å². The van der Waals surface area contributed by atoms with Crippen molar-refractivity contribution >= 4 is 21.9 Å². The van der Waals surface area contributed by atoms with Gasteiger partial charge in [-0.15, -0.1) is 5.10 Å². The molecule has 0 fully saturated rings. The number of benzene rings is 2. The van der Waals surface area contributed by atoms with Gasteiger partial charge in [0.1, 0.15) is 5.69 Å². The largest absolute Gasteiger partial charge is 0.461 e. The molecule has 0 bridgehead atoms. The summed E-state index contributed by atoms with van der Waals surface area (Å²) in [6, 6.07) is 14.6. The zero-order chi connectivity index (χ0) is 19.4. The first-order chi connectivity index (χ1) is 12.9. The molecule has 1 heterocycles. The van der Waals surface area contributed by atoms with Gasteiger partial charge in [0.15, 0.2) is 5.69 Å². The number of hydrogen-bond donors (Lipinski definition) is 0. The van der Waals surface area contributed by atoms with E-state index in [0.29, 0.717) is 4.47 Å². The second kappa shape index (κ2) is 7.96. The minimum absolute atomic E-state index is 0.0493. The average Bonchev–Trinajstić information content (AvgIpc) is 3.08. The van der Waals surface area contributed by atoms with E-state index in [1.165, 1.54) is 24.3 Å². The van der Waals surface area contributed by atoms with Gasteiger partial charge in [-0.05, 0) is 24.6 Å². The Kier molecular flexibility index (Phi) is 5.65. The molecule has 8 heteroatoms. The van der Waals surface area contributed by atoms with Crippen LogP contribution in [0, 0.1) is 0 Å². The van der Waals surface area contributed by atoms with E-state index in [-0.39, 0.29) is 18.7 Å². The summed E-state index contributed by atoms with van der Waals surface area (Å²) in [4.78, 5) is 12.2. The van der Waals surface area contributed by atoms with Gasteiger partial charge in [-0.3, -0.25) is 0 Å². The molecule has 0 atom stereocenters. The molecule has 0 unspecified atom stereocenters. The molecule has 0 saturated carbocycles. The number of carbonyl (C=O) groups excluding carboxylic acids is 1. The molecule has 3 aromatic rings. The number of hydrogen-bond acceptors (Lipinski definition) is 4. The van der Waals surface area contributed by atoms with E-state index in [9.17, 15) is 4.79 Å². The third-order valence-electron chi connectivity index (χ3n) is 3.88. The highest BCUT2D eigenvalue weighted by molar-refractivity contribution is 9.10. The van der Waals surface area contributed by atoms with E-state index in [1.807, 2.05) is 6.07 Å². The number of nitrogens with zero attached hydrogens (tertiary/aromatic N) is 3. The molecule has 0 N–H and O–H groups in total. The first-order valence-electron chi connectivity index (χ1n) is 8.22. The highest BCUT2D eigenvalue weighted by Crippen LogP contribution is 2.37. The fourth-order valence-electron chi connectivity index (χ4n) is 2.62. The molecule has 0 saturated heterocycles. The van der Waals surface area contributed by atoms with Gasteiger partial charge in [0.2, 0.25) is 0 Å². The zero-order valence-electron chi connectivity index (χ0n) is 14.4. The van der Waals surface area contributed by atoms with E-state index in [4.69, 9.17) is 4.74 Å². The molecule has 140 valence electrons. The summed E-state index contributed by atoms with van der Waals surface area (Å²) in [7, 11) is 0. The molecule has 0 aliphatic heterocycles. The molecule has 0 amide bonds. The Labute approximate surface area is 163 Å². The summed E-state index contributed by atoms with van der Waals surface area (Å²) in [6.45, 7) is 1.70. The summed E-state index contributed by atoms with van der Waals surface area (Å²) in [5, 5.41) is 7.49. The number of alkyl halides is 2. The minimum Gasteiger partial charge on any atom is -0.461 e. The molecule has 0 aliphatic rings. The van der Waals surface area contributed by atoms with E-state index in [1.54, 1.807) is 31.2 Å². The first-order valence-corrected chi connectivity index (χ1v) is 9.01. The van der Waals surface area contributed by atoms with Crippen molar-refractivity contribution in [1.82, 2.24) is 15.0 Å². The van der Waals surface area contributed by atoms with Gasteiger partial charge in [-0.1, -0.05) is 63.6 Å². The van der Waals surface area contributed by atoms with Crippen LogP contribution in [0.1, 0.15) is 34.2 Å². The topological polar surface area (TPSA) is 57.0 Å². The number of ether oxygens (including phenoxy) is 1. The molecule has 1 aromatic heterocycles. The van der Waals surface area contributed by atoms with Crippen LogP contribution >= 0.6 is 15.9 Å². The van der Waals surface area contributed by atoms with Crippen LogP contribution < -0.4 is 0 Å². The molecule has 3 rings (SSSR count). The summed E-state index contributed by atoms with van der Waals surface area (Å²) in [5.74, 6) is -4.41. The number of esters is 1. The van der Waals surface area contributed by atoms with Crippen molar-refractivity contribution in [1.29, 1.82) is 0 Å². The predicted octanol–water partition coefficient (Wildman–Crippen LogP) is 4.41. The summed E-state index contributed by atoms with van der Waals surface area (Å²) >= 11 is 3.23. The van der Waals surface area contributed by atoms with Crippen LogP contribution in [0.3, 0.4) is 0 Å². The molecule has 2 aromatic carbocycles. The van der Waals surface area contributed by atoms with Crippen molar-refractivity contribution in [3.05, 3.63) is 81.6 Å². The maximum Gasteiger partial charge on any atom is 0.361 e. The van der Waals surface area contributed by atoms with Crippen LogP contribution in [0.5, 0.6) is 0 Å². The maximum absolute atomic E-state index is 15.4. The van der Waals surface area contributed by atoms with Gasteiger partial charge in [-0.25, -0.2) is 9.48 Å². The van der Waals surface area contributed by atoms with Crippen LogP contribution in [-0.2, 0) is 17.2 Å². The number of halogens is 3. The lowest BCUT2D eigenvalue weighted by molar-refractivity contribution is 0.0280. The van der Waals surface area contributed by atoms with E-state index < -0.39 is 23.3 Å². The van der Waals surface area contributed by atoms with E-state index >= 15 is 8.78 Å². The van der Waals surface area contributed by atoms with Gasteiger partial charge >= 0.3 is 11.9 Å². The highest BCUT2D eigenvalue weighted by atomic mass is 79.9. The molecule has 0 aliphatic carbocycles. The van der Waals surface area contributed by atoms with Gasteiger partial charge in [-0.2, -0.15) is 8.78 Å². The van der Waals surface area contributed by atoms with Crippen molar-refractivity contribution in [2.75, 3.05) is 6.61 Å².